The van der Waals surface area contributed by atoms with E-state index in [1.165, 1.54) is 0 Å². The third-order valence-corrected chi connectivity index (χ3v) is 5.17. The lowest BCUT2D eigenvalue weighted by Crippen LogP contribution is -2.31. The van der Waals surface area contributed by atoms with Crippen molar-refractivity contribution in [3.63, 3.8) is 0 Å². The minimum absolute atomic E-state index is 0.0184. The van der Waals surface area contributed by atoms with E-state index in [2.05, 4.69) is 35.1 Å². The molecule has 0 aliphatic rings. The predicted octanol–water partition coefficient (Wildman–Crippen LogP) is 5.29. The molecule has 1 atom stereocenters. The van der Waals surface area contributed by atoms with Crippen molar-refractivity contribution in [3.05, 3.63) is 55.6 Å². The van der Waals surface area contributed by atoms with Crippen LogP contribution in [0.3, 0.4) is 0 Å². The van der Waals surface area contributed by atoms with Gasteiger partial charge in [-0.2, -0.15) is 0 Å². The summed E-state index contributed by atoms with van der Waals surface area (Å²) in [5.74, 6) is 0.218. The standard InChI is InChI=1S/C15H15BrClNOS/c1-9(2)14(13-4-3-7-20-13)18-15(19)10-5-6-11(16)12(17)8-10/h3-9,14H,1-2H3,(H,18,19). The van der Waals surface area contributed by atoms with E-state index in [4.69, 9.17) is 11.6 Å². The number of nitrogens with one attached hydrogen (secondary N) is 1. The summed E-state index contributed by atoms with van der Waals surface area (Å²) in [6.45, 7) is 4.19. The number of rotatable bonds is 4. The van der Waals surface area contributed by atoms with Crippen LogP contribution < -0.4 is 5.32 Å². The summed E-state index contributed by atoms with van der Waals surface area (Å²) < 4.78 is 0.786. The molecular formula is C15H15BrClNOS. The summed E-state index contributed by atoms with van der Waals surface area (Å²) in [6.07, 6.45) is 0. The average Bonchev–Trinajstić information content (AvgIpc) is 2.92. The van der Waals surface area contributed by atoms with Crippen LogP contribution in [0.15, 0.2) is 40.2 Å². The van der Waals surface area contributed by atoms with Crippen LogP contribution in [0.1, 0.15) is 35.1 Å². The molecule has 1 unspecified atom stereocenters. The van der Waals surface area contributed by atoms with E-state index in [-0.39, 0.29) is 11.9 Å². The van der Waals surface area contributed by atoms with Gasteiger partial charge in [-0.05, 0) is 51.5 Å². The number of hydrogen-bond donors (Lipinski definition) is 1. The predicted molar refractivity (Wildman–Crippen MR) is 88.5 cm³/mol. The van der Waals surface area contributed by atoms with E-state index in [1.807, 2.05) is 17.5 Å². The van der Waals surface area contributed by atoms with Gasteiger partial charge in [-0.1, -0.05) is 31.5 Å². The van der Waals surface area contributed by atoms with Gasteiger partial charge in [0.2, 0.25) is 0 Å². The zero-order chi connectivity index (χ0) is 14.7. The maximum absolute atomic E-state index is 12.3. The maximum Gasteiger partial charge on any atom is 0.251 e. The highest BCUT2D eigenvalue weighted by molar-refractivity contribution is 9.10. The van der Waals surface area contributed by atoms with Crippen LogP contribution in [0, 0.1) is 5.92 Å². The Labute approximate surface area is 136 Å². The average molecular weight is 373 g/mol. The van der Waals surface area contributed by atoms with Gasteiger partial charge in [0.25, 0.3) is 5.91 Å². The molecule has 1 aromatic heterocycles. The fourth-order valence-electron chi connectivity index (χ4n) is 1.90. The summed E-state index contributed by atoms with van der Waals surface area (Å²) in [6, 6.07) is 9.28. The molecule has 2 nitrogen and oxygen atoms in total. The van der Waals surface area contributed by atoms with Crippen molar-refractivity contribution in [3.8, 4) is 0 Å². The van der Waals surface area contributed by atoms with E-state index in [9.17, 15) is 4.79 Å². The van der Waals surface area contributed by atoms with Gasteiger partial charge in [-0.3, -0.25) is 4.79 Å². The molecule has 0 aliphatic heterocycles. The Hall–Kier alpha value is -0.840. The molecule has 0 radical (unpaired) electrons. The number of carbonyl (C=O) groups is 1. The first-order chi connectivity index (χ1) is 9.49. The number of halogens is 2. The number of thiophene rings is 1. The van der Waals surface area contributed by atoms with Gasteiger partial charge < -0.3 is 5.32 Å². The second-order valence-corrected chi connectivity index (χ2v) is 7.08. The first-order valence-corrected chi connectivity index (χ1v) is 8.33. The summed E-state index contributed by atoms with van der Waals surface area (Å²) >= 11 is 11.0. The van der Waals surface area contributed by atoms with Crippen molar-refractivity contribution in [2.24, 2.45) is 5.92 Å². The molecule has 2 aromatic rings. The number of hydrogen-bond acceptors (Lipinski definition) is 2. The van der Waals surface area contributed by atoms with Crippen molar-refractivity contribution < 1.29 is 4.79 Å². The highest BCUT2D eigenvalue weighted by Crippen LogP contribution is 2.27. The van der Waals surface area contributed by atoms with Crippen LogP contribution >= 0.6 is 38.9 Å². The summed E-state index contributed by atoms with van der Waals surface area (Å²) in [7, 11) is 0. The zero-order valence-corrected chi connectivity index (χ0v) is 14.3. The second-order valence-electron chi connectivity index (χ2n) is 4.84. The Morgan fingerprint density at radius 2 is 2.10 bits per heavy atom. The van der Waals surface area contributed by atoms with Crippen LogP contribution in [0.25, 0.3) is 0 Å². The molecule has 106 valence electrons. The molecule has 1 aromatic carbocycles. The lowest BCUT2D eigenvalue weighted by Gasteiger charge is -2.21. The van der Waals surface area contributed by atoms with E-state index in [1.54, 1.807) is 29.5 Å². The molecule has 1 N–H and O–H groups in total. The molecule has 0 fully saturated rings. The number of amides is 1. The first kappa shape index (κ1) is 15.5. The van der Waals surface area contributed by atoms with E-state index in [0.29, 0.717) is 16.5 Å². The van der Waals surface area contributed by atoms with Crippen LogP contribution in [-0.2, 0) is 0 Å². The lowest BCUT2D eigenvalue weighted by atomic mass is 10.0. The first-order valence-electron chi connectivity index (χ1n) is 6.28. The minimum atomic E-state index is -0.105. The van der Waals surface area contributed by atoms with E-state index >= 15 is 0 Å². The Balaban J connectivity index is 2.18. The molecule has 0 saturated carbocycles. The van der Waals surface area contributed by atoms with Gasteiger partial charge in [-0.25, -0.2) is 0 Å². The van der Waals surface area contributed by atoms with Crippen LogP contribution in [-0.4, -0.2) is 5.91 Å². The van der Waals surface area contributed by atoms with E-state index in [0.717, 1.165) is 9.35 Å². The molecule has 2 rings (SSSR count). The molecule has 5 heteroatoms. The third kappa shape index (κ3) is 3.62. The molecule has 0 aliphatic carbocycles. The molecular weight excluding hydrogens is 358 g/mol. The number of benzene rings is 1. The van der Waals surface area contributed by atoms with Gasteiger partial charge in [0.1, 0.15) is 0 Å². The number of carbonyl (C=O) groups excluding carboxylic acids is 1. The Morgan fingerprint density at radius 3 is 2.65 bits per heavy atom. The van der Waals surface area contributed by atoms with Crippen molar-refractivity contribution in [1.29, 1.82) is 0 Å². The fraction of sp³-hybridized carbons (Fsp3) is 0.267. The maximum atomic E-state index is 12.3. The topological polar surface area (TPSA) is 29.1 Å². The summed E-state index contributed by atoms with van der Waals surface area (Å²) in [5, 5.41) is 5.64. The van der Waals surface area contributed by atoms with Gasteiger partial charge >= 0.3 is 0 Å². The van der Waals surface area contributed by atoms with Crippen molar-refractivity contribution in [1.82, 2.24) is 5.32 Å². The smallest absolute Gasteiger partial charge is 0.251 e. The van der Waals surface area contributed by atoms with Gasteiger partial charge in [0.05, 0.1) is 11.1 Å². The van der Waals surface area contributed by atoms with Gasteiger partial charge in [-0.15, -0.1) is 11.3 Å². The Kier molecular flexibility index (Phi) is 5.24. The lowest BCUT2D eigenvalue weighted by molar-refractivity contribution is 0.0926. The third-order valence-electron chi connectivity index (χ3n) is 2.98. The van der Waals surface area contributed by atoms with Crippen molar-refractivity contribution in [2.75, 3.05) is 0 Å². The second kappa shape index (κ2) is 6.74. The molecule has 20 heavy (non-hydrogen) atoms. The van der Waals surface area contributed by atoms with Crippen molar-refractivity contribution in [2.45, 2.75) is 19.9 Å². The summed E-state index contributed by atoms with van der Waals surface area (Å²) in [4.78, 5) is 13.5. The highest BCUT2D eigenvalue weighted by Gasteiger charge is 2.20. The largest absolute Gasteiger partial charge is 0.344 e. The zero-order valence-electron chi connectivity index (χ0n) is 11.2. The van der Waals surface area contributed by atoms with Crippen LogP contribution in [0.5, 0.6) is 0 Å². The molecule has 1 heterocycles. The quantitative estimate of drug-likeness (QED) is 0.776. The fourth-order valence-corrected chi connectivity index (χ4v) is 3.27. The monoisotopic (exact) mass is 371 g/mol. The Bertz CT molecular complexity index is 598. The summed E-state index contributed by atoms with van der Waals surface area (Å²) in [5.41, 5.74) is 0.570. The van der Waals surface area contributed by atoms with Gasteiger partial charge in [0, 0.05) is 14.9 Å². The molecule has 1 amide bonds. The molecule has 0 bridgehead atoms. The normalized spacial score (nSPS) is 12.4. The SMILES string of the molecule is CC(C)C(NC(=O)c1ccc(Br)c(Cl)c1)c1cccs1. The Morgan fingerprint density at radius 1 is 1.35 bits per heavy atom. The van der Waals surface area contributed by atoms with Crippen molar-refractivity contribution >= 4 is 44.8 Å². The van der Waals surface area contributed by atoms with Crippen LogP contribution in [0.4, 0.5) is 0 Å². The minimum Gasteiger partial charge on any atom is -0.344 e. The van der Waals surface area contributed by atoms with E-state index < -0.39 is 0 Å². The van der Waals surface area contributed by atoms with Gasteiger partial charge in [0.15, 0.2) is 0 Å². The molecule has 0 saturated heterocycles. The van der Waals surface area contributed by atoms with Crippen LogP contribution in [0.2, 0.25) is 5.02 Å². The molecule has 0 spiro atoms. The highest BCUT2D eigenvalue weighted by atomic mass is 79.9.